The molecule has 1 unspecified atom stereocenters. The molecule has 1 aromatic heterocycles. The number of hydrogen-bond donors (Lipinski definition) is 2. The van der Waals surface area contributed by atoms with Crippen LogP contribution in [0.4, 0.5) is 0 Å². The fraction of sp³-hybridized carbons (Fsp3) is 0.143. The number of halogens is 1. The Hall–Kier alpha value is -3.65. The largest absolute Gasteiger partial charge is 0.481 e. The number of benzene rings is 3. The molecule has 164 valence electrons. The number of hydrogen-bond acceptors (Lipinski definition) is 3. The van der Waals surface area contributed by atoms with Crippen LogP contribution in [-0.2, 0) is 16.8 Å². The molecular formula is C28H22ClNO3. The van der Waals surface area contributed by atoms with Crippen molar-refractivity contribution >= 4 is 28.3 Å². The summed E-state index contributed by atoms with van der Waals surface area (Å²) in [6.07, 6.45) is 3.14. The van der Waals surface area contributed by atoms with Crippen LogP contribution in [0.3, 0.4) is 0 Å². The average Bonchev–Trinajstić information content (AvgIpc) is 2.79. The minimum absolute atomic E-state index is 0.0919. The highest BCUT2D eigenvalue weighted by Gasteiger charge is 2.20. The summed E-state index contributed by atoms with van der Waals surface area (Å²) in [6.45, 7) is 3.56. The second kappa shape index (κ2) is 9.07. The van der Waals surface area contributed by atoms with Crippen molar-refractivity contribution in [2.75, 3.05) is 0 Å². The number of aromatic nitrogens is 1. The summed E-state index contributed by atoms with van der Waals surface area (Å²) in [7, 11) is 0. The van der Waals surface area contributed by atoms with E-state index in [2.05, 4.69) is 16.8 Å². The fourth-order valence-electron chi connectivity index (χ4n) is 3.90. The SMILES string of the molecule is Cc1cc2ccc(C#CC(C)(O)c3cccnc3)cc2c(-c2ccc(Cl)cc2)c1CC(=O)O. The smallest absolute Gasteiger partial charge is 0.307 e. The van der Waals surface area contributed by atoms with Crippen molar-refractivity contribution in [1.82, 2.24) is 4.98 Å². The van der Waals surface area contributed by atoms with Crippen LogP contribution in [0.15, 0.2) is 73.1 Å². The first-order valence-corrected chi connectivity index (χ1v) is 10.8. The van der Waals surface area contributed by atoms with E-state index in [-0.39, 0.29) is 6.42 Å². The Labute approximate surface area is 197 Å². The van der Waals surface area contributed by atoms with Gasteiger partial charge < -0.3 is 10.2 Å². The first kappa shape index (κ1) is 22.5. The van der Waals surface area contributed by atoms with Gasteiger partial charge in [-0.1, -0.05) is 53.8 Å². The lowest BCUT2D eigenvalue weighted by molar-refractivity contribution is -0.136. The third kappa shape index (κ3) is 4.90. The van der Waals surface area contributed by atoms with Crippen molar-refractivity contribution in [3.63, 3.8) is 0 Å². The third-order valence-corrected chi connectivity index (χ3v) is 5.86. The monoisotopic (exact) mass is 455 g/mol. The lowest BCUT2D eigenvalue weighted by Crippen LogP contribution is -2.18. The molecule has 33 heavy (non-hydrogen) atoms. The zero-order chi connectivity index (χ0) is 23.6. The van der Waals surface area contributed by atoms with E-state index in [9.17, 15) is 15.0 Å². The summed E-state index contributed by atoms with van der Waals surface area (Å²) in [4.78, 5) is 15.7. The molecule has 4 nitrogen and oxygen atoms in total. The molecule has 0 spiro atoms. The van der Waals surface area contributed by atoms with Gasteiger partial charge in [-0.15, -0.1) is 0 Å². The highest BCUT2D eigenvalue weighted by atomic mass is 35.5. The fourth-order valence-corrected chi connectivity index (χ4v) is 4.02. The number of aliphatic hydroxyl groups is 1. The average molecular weight is 456 g/mol. The van der Waals surface area contributed by atoms with Crippen molar-refractivity contribution in [2.45, 2.75) is 25.9 Å². The Bertz CT molecular complexity index is 1400. The van der Waals surface area contributed by atoms with Crippen LogP contribution >= 0.6 is 11.6 Å². The molecule has 2 N–H and O–H groups in total. The maximum absolute atomic E-state index is 11.6. The Morgan fingerprint density at radius 3 is 2.55 bits per heavy atom. The summed E-state index contributed by atoms with van der Waals surface area (Å²) in [5.41, 5.74) is 3.37. The van der Waals surface area contributed by atoms with Crippen LogP contribution in [-0.4, -0.2) is 21.2 Å². The number of aliphatic carboxylic acids is 1. The number of pyridine rings is 1. The number of aryl methyl sites for hydroxylation is 1. The number of nitrogens with zero attached hydrogens (tertiary/aromatic N) is 1. The molecule has 4 aromatic rings. The van der Waals surface area contributed by atoms with Gasteiger partial charge in [-0.25, -0.2) is 0 Å². The predicted molar refractivity (Wildman–Crippen MR) is 131 cm³/mol. The second-order valence-corrected chi connectivity index (χ2v) is 8.56. The predicted octanol–water partition coefficient (Wildman–Crippen LogP) is 5.75. The van der Waals surface area contributed by atoms with E-state index in [0.29, 0.717) is 16.1 Å². The van der Waals surface area contributed by atoms with Crippen molar-refractivity contribution in [1.29, 1.82) is 0 Å². The molecule has 0 radical (unpaired) electrons. The van der Waals surface area contributed by atoms with E-state index >= 15 is 0 Å². The Kier molecular flexibility index (Phi) is 6.20. The molecule has 0 aliphatic carbocycles. The first-order chi connectivity index (χ1) is 15.7. The van der Waals surface area contributed by atoms with E-state index in [0.717, 1.165) is 33.0 Å². The van der Waals surface area contributed by atoms with Crippen LogP contribution in [0, 0.1) is 18.8 Å². The van der Waals surface area contributed by atoms with Gasteiger partial charge >= 0.3 is 5.97 Å². The highest BCUT2D eigenvalue weighted by molar-refractivity contribution is 6.30. The second-order valence-electron chi connectivity index (χ2n) is 8.12. The van der Waals surface area contributed by atoms with E-state index < -0.39 is 11.6 Å². The van der Waals surface area contributed by atoms with Crippen molar-refractivity contribution in [3.05, 3.63) is 100 Å². The lowest BCUT2D eigenvalue weighted by atomic mass is 9.88. The summed E-state index contributed by atoms with van der Waals surface area (Å²) in [5, 5.41) is 22.8. The molecule has 5 heteroatoms. The van der Waals surface area contributed by atoms with Crippen molar-refractivity contribution in [3.8, 4) is 23.0 Å². The van der Waals surface area contributed by atoms with Gasteiger partial charge in [-0.2, -0.15) is 0 Å². The number of carboxylic acid groups (broad SMARTS) is 1. The van der Waals surface area contributed by atoms with Gasteiger partial charge in [0.25, 0.3) is 0 Å². The summed E-state index contributed by atoms with van der Waals surface area (Å²) < 4.78 is 0. The van der Waals surface area contributed by atoms with Gasteiger partial charge in [0.15, 0.2) is 0 Å². The van der Waals surface area contributed by atoms with E-state index in [1.165, 1.54) is 0 Å². The zero-order valence-electron chi connectivity index (χ0n) is 18.3. The van der Waals surface area contributed by atoms with Crippen molar-refractivity contribution < 1.29 is 15.0 Å². The minimum atomic E-state index is -1.36. The number of rotatable bonds is 4. The van der Waals surface area contributed by atoms with Gasteiger partial charge in [0.1, 0.15) is 5.60 Å². The molecule has 0 aliphatic heterocycles. The normalized spacial score (nSPS) is 12.6. The Morgan fingerprint density at radius 1 is 1.12 bits per heavy atom. The molecule has 1 heterocycles. The van der Waals surface area contributed by atoms with Gasteiger partial charge in [0.2, 0.25) is 0 Å². The molecule has 0 saturated carbocycles. The maximum atomic E-state index is 11.6. The molecule has 1 atom stereocenters. The van der Waals surface area contributed by atoms with E-state index in [1.807, 2.05) is 43.3 Å². The minimum Gasteiger partial charge on any atom is -0.481 e. The first-order valence-electron chi connectivity index (χ1n) is 10.4. The molecule has 3 aromatic carbocycles. The number of carboxylic acids is 1. The summed E-state index contributed by atoms with van der Waals surface area (Å²) in [5.74, 6) is 5.12. The molecule has 0 aliphatic rings. The van der Waals surface area contributed by atoms with Gasteiger partial charge in [0, 0.05) is 28.5 Å². The molecular weight excluding hydrogens is 434 g/mol. The molecule has 4 rings (SSSR count). The highest BCUT2D eigenvalue weighted by Crippen LogP contribution is 2.36. The number of carbonyl (C=O) groups is 1. The Balaban J connectivity index is 1.90. The van der Waals surface area contributed by atoms with Gasteiger partial charge in [-0.05, 0) is 77.2 Å². The third-order valence-electron chi connectivity index (χ3n) is 5.61. The van der Waals surface area contributed by atoms with Crippen LogP contribution in [0.1, 0.15) is 29.2 Å². The molecule has 0 amide bonds. The number of fused-ring (bicyclic) bond motifs is 1. The molecule has 0 saturated heterocycles. The molecule has 0 fully saturated rings. The van der Waals surface area contributed by atoms with Crippen LogP contribution in [0.5, 0.6) is 0 Å². The standard InChI is InChI=1S/C28H22ClNO3/c1-18-14-21-6-5-19(11-12-28(2,33)22-4-3-13-30-17-22)15-25(21)27(24(18)16-26(31)32)20-7-9-23(29)10-8-20/h3-10,13-15,17,33H,16H2,1-2H3,(H,31,32). The van der Waals surface area contributed by atoms with E-state index in [1.54, 1.807) is 43.6 Å². The topological polar surface area (TPSA) is 70.4 Å². The van der Waals surface area contributed by atoms with Crippen LogP contribution in [0.2, 0.25) is 5.02 Å². The zero-order valence-corrected chi connectivity index (χ0v) is 19.0. The Morgan fingerprint density at radius 2 is 1.88 bits per heavy atom. The maximum Gasteiger partial charge on any atom is 0.307 e. The van der Waals surface area contributed by atoms with E-state index in [4.69, 9.17) is 11.6 Å². The molecule has 0 bridgehead atoms. The van der Waals surface area contributed by atoms with Crippen LogP contribution < -0.4 is 0 Å². The van der Waals surface area contributed by atoms with Gasteiger partial charge in [-0.3, -0.25) is 9.78 Å². The lowest BCUT2D eigenvalue weighted by Gasteiger charge is -2.17. The quantitative estimate of drug-likeness (QED) is 0.384. The summed E-state index contributed by atoms with van der Waals surface area (Å²) in [6, 6.07) is 18.7. The van der Waals surface area contributed by atoms with Crippen molar-refractivity contribution in [2.24, 2.45) is 0 Å². The van der Waals surface area contributed by atoms with Gasteiger partial charge in [0.05, 0.1) is 6.42 Å². The summed E-state index contributed by atoms with van der Waals surface area (Å²) >= 11 is 6.09. The van der Waals surface area contributed by atoms with Crippen LogP contribution in [0.25, 0.3) is 21.9 Å².